The van der Waals surface area contributed by atoms with Gasteiger partial charge in [-0.1, -0.05) is 53.0 Å². The summed E-state index contributed by atoms with van der Waals surface area (Å²) in [6.45, 7) is 0. The molecule has 0 aliphatic heterocycles. The summed E-state index contributed by atoms with van der Waals surface area (Å²) in [7, 11) is 0. The molecule has 0 unspecified atom stereocenters. The number of rotatable bonds is 5. The molecular weight excluding hydrogens is 477 g/mol. The lowest BCUT2D eigenvalue weighted by Gasteiger charge is -2.07. The van der Waals surface area contributed by atoms with E-state index in [1.807, 2.05) is 0 Å². The number of halogens is 3. The van der Waals surface area contributed by atoms with E-state index in [0.29, 0.717) is 16.3 Å². The number of nitrogens with zero attached hydrogens (tertiary/aromatic N) is 1. The highest BCUT2D eigenvalue weighted by atomic mass is 35.5. The van der Waals surface area contributed by atoms with Crippen molar-refractivity contribution >= 4 is 64.5 Å². The van der Waals surface area contributed by atoms with Gasteiger partial charge in [0.15, 0.2) is 0 Å². The summed E-state index contributed by atoms with van der Waals surface area (Å²) in [5, 5.41) is 6.72. The van der Waals surface area contributed by atoms with Gasteiger partial charge in [0.1, 0.15) is 5.75 Å². The number of carbonyl (C=O) groups is 3. The minimum atomic E-state index is -0.998. The molecule has 2 N–H and O–H groups in total. The zero-order chi connectivity index (χ0) is 23.1. The second-order valence-electron chi connectivity index (χ2n) is 6.19. The van der Waals surface area contributed by atoms with Gasteiger partial charge in [0.25, 0.3) is 0 Å². The van der Waals surface area contributed by atoms with Crippen molar-refractivity contribution in [1.82, 2.24) is 5.43 Å². The van der Waals surface area contributed by atoms with Crippen molar-refractivity contribution in [1.29, 1.82) is 0 Å². The van der Waals surface area contributed by atoms with Gasteiger partial charge in [0.2, 0.25) is 0 Å². The fourth-order valence-corrected chi connectivity index (χ4v) is 2.97. The lowest BCUT2D eigenvalue weighted by atomic mass is 10.2. The average molecular weight is 491 g/mol. The Hall–Kier alpha value is -3.39. The van der Waals surface area contributed by atoms with E-state index in [4.69, 9.17) is 39.5 Å². The summed E-state index contributed by atoms with van der Waals surface area (Å²) in [5.41, 5.74) is 3.14. The summed E-state index contributed by atoms with van der Waals surface area (Å²) in [6, 6.07) is 17.5. The van der Waals surface area contributed by atoms with E-state index in [1.165, 1.54) is 12.3 Å². The monoisotopic (exact) mass is 489 g/mol. The van der Waals surface area contributed by atoms with Crippen LogP contribution in [0.25, 0.3) is 0 Å². The van der Waals surface area contributed by atoms with E-state index in [-0.39, 0.29) is 21.3 Å². The number of esters is 1. The number of carbonyl (C=O) groups excluding carboxylic acids is 3. The molecular formula is C22H14Cl3N3O4. The molecule has 0 heterocycles. The SMILES string of the molecule is O=C(N/N=C/c1ccc(OC(=O)c2ccccc2Cl)cc1)C(=O)Nc1cccc(Cl)c1Cl. The lowest BCUT2D eigenvalue weighted by molar-refractivity contribution is -0.136. The Morgan fingerprint density at radius 3 is 2.22 bits per heavy atom. The quantitative estimate of drug-likeness (QED) is 0.174. The Labute approximate surface area is 197 Å². The predicted octanol–water partition coefficient (Wildman–Crippen LogP) is 4.95. The number of benzene rings is 3. The molecule has 7 nitrogen and oxygen atoms in total. The molecule has 0 spiro atoms. The minimum absolute atomic E-state index is 0.120. The highest BCUT2D eigenvalue weighted by Gasteiger charge is 2.15. The first kappa shape index (κ1) is 23.3. The molecule has 10 heteroatoms. The first-order valence-corrected chi connectivity index (χ1v) is 10.1. The zero-order valence-electron chi connectivity index (χ0n) is 16.1. The van der Waals surface area contributed by atoms with Crippen molar-refractivity contribution in [2.24, 2.45) is 5.10 Å². The molecule has 162 valence electrons. The third-order valence-electron chi connectivity index (χ3n) is 3.97. The number of nitrogens with one attached hydrogen (secondary N) is 2. The van der Waals surface area contributed by atoms with E-state index >= 15 is 0 Å². The molecule has 0 saturated heterocycles. The number of hydrogen-bond donors (Lipinski definition) is 2. The van der Waals surface area contributed by atoms with Crippen LogP contribution in [-0.2, 0) is 9.59 Å². The van der Waals surface area contributed by atoms with Crippen LogP contribution in [0.5, 0.6) is 5.75 Å². The Morgan fingerprint density at radius 1 is 0.812 bits per heavy atom. The number of ether oxygens (including phenoxy) is 1. The summed E-state index contributed by atoms with van der Waals surface area (Å²) in [4.78, 5) is 36.0. The highest BCUT2D eigenvalue weighted by Crippen LogP contribution is 2.29. The molecule has 0 aliphatic carbocycles. The largest absolute Gasteiger partial charge is 0.423 e. The highest BCUT2D eigenvalue weighted by molar-refractivity contribution is 6.45. The molecule has 0 saturated carbocycles. The molecule has 3 aromatic carbocycles. The maximum Gasteiger partial charge on any atom is 0.345 e. The van der Waals surface area contributed by atoms with Crippen LogP contribution in [0.4, 0.5) is 5.69 Å². The summed E-state index contributed by atoms with van der Waals surface area (Å²) in [6.07, 6.45) is 1.32. The van der Waals surface area contributed by atoms with Crippen LogP contribution in [0.1, 0.15) is 15.9 Å². The van der Waals surface area contributed by atoms with Gasteiger partial charge < -0.3 is 10.1 Å². The summed E-state index contributed by atoms with van der Waals surface area (Å²) in [5.74, 6) is -2.25. The first-order valence-electron chi connectivity index (χ1n) is 9.00. The molecule has 0 aromatic heterocycles. The molecule has 32 heavy (non-hydrogen) atoms. The van der Waals surface area contributed by atoms with Gasteiger partial charge in [-0.25, -0.2) is 10.2 Å². The summed E-state index contributed by atoms with van der Waals surface area (Å²) < 4.78 is 5.27. The van der Waals surface area contributed by atoms with Crippen molar-refractivity contribution < 1.29 is 19.1 Å². The van der Waals surface area contributed by atoms with Gasteiger partial charge in [-0.15, -0.1) is 0 Å². The average Bonchev–Trinajstić information content (AvgIpc) is 2.78. The lowest BCUT2D eigenvalue weighted by Crippen LogP contribution is -2.32. The van der Waals surface area contributed by atoms with Crippen LogP contribution in [0.15, 0.2) is 71.8 Å². The third-order valence-corrected chi connectivity index (χ3v) is 5.12. The molecule has 0 bridgehead atoms. The molecule has 3 aromatic rings. The van der Waals surface area contributed by atoms with E-state index in [1.54, 1.807) is 60.7 Å². The number of amides is 2. The predicted molar refractivity (Wildman–Crippen MR) is 124 cm³/mol. The van der Waals surface area contributed by atoms with Crippen molar-refractivity contribution in [3.8, 4) is 5.75 Å². The van der Waals surface area contributed by atoms with Gasteiger partial charge in [0.05, 0.1) is 32.5 Å². The second kappa shape index (κ2) is 10.8. The Kier molecular flexibility index (Phi) is 7.83. The third kappa shape index (κ3) is 6.07. The standard InChI is InChI=1S/C22H14Cl3N3O4/c23-16-5-2-1-4-15(16)22(31)32-14-10-8-13(9-11-14)12-26-28-21(30)20(29)27-18-7-3-6-17(24)19(18)25/h1-12H,(H,27,29)(H,28,30)/b26-12+. The van der Waals surface area contributed by atoms with Gasteiger partial charge in [-0.3, -0.25) is 9.59 Å². The van der Waals surface area contributed by atoms with E-state index in [9.17, 15) is 14.4 Å². The fourth-order valence-electron chi connectivity index (χ4n) is 2.41. The topological polar surface area (TPSA) is 96.9 Å². The van der Waals surface area contributed by atoms with Crippen LogP contribution >= 0.6 is 34.8 Å². The van der Waals surface area contributed by atoms with Crippen LogP contribution in [0, 0.1) is 0 Å². The molecule has 0 aliphatic rings. The normalized spacial score (nSPS) is 10.6. The van der Waals surface area contributed by atoms with Crippen molar-refractivity contribution in [3.63, 3.8) is 0 Å². The Balaban J connectivity index is 1.53. The molecule has 0 radical (unpaired) electrons. The first-order chi connectivity index (χ1) is 15.3. The minimum Gasteiger partial charge on any atom is -0.423 e. The maximum atomic E-state index is 12.2. The van der Waals surface area contributed by atoms with Gasteiger partial charge in [0, 0.05) is 0 Å². The number of anilines is 1. The van der Waals surface area contributed by atoms with E-state index in [0.717, 1.165) is 0 Å². The molecule has 0 atom stereocenters. The Morgan fingerprint density at radius 2 is 1.50 bits per heavy atom. The summed E-state index contributed by atoms with van der Waals surface area (Å²) >= 11 is 17.8. The molecule has 2 amide bonds. The van der Waals surface area contributed by atoms with Crippen LogP contribution in [-0.4, -0.2) is 24.0 Å². The number of hydrazone groups is 1. The van der Waals surface area contributed by atoms with Crippen LogP contribution < -0.4 is 15.5 Å². The van der Waals surface area contributed by atoms with Crippen molar-refractivity contribution in [3.05, 3.63) is 92.9 Å². The maximum absolute atomic E-state index is 12.2. The van der Waals surface area contributed by atoms with Crippen LogP contribution in [0.3, 0.4) is 0 Å². The Bertz CT molecular complexity index is 1200. The van der Waals surface area contributed by atoms with E-state index < -0.39 is 17.8 Å². The van der Waals surface area contributed by atoms with Crippen molar-refractivity contribution in [2.75, 3.05) is 5.32 Å². The van der Waals surface area contributed by atoms with Gasteiger partial charge in [-0.05, 0) is 54.1 Å². The zero-order valence-corrected chi connectivity index (χ0v) is 18.4. The number of hydrogen-bond acceptors (Lipinski definition) is 5. The van der Waals surface area contributed by atoms with Gasteiger partial charge in [-0.2, -0.15) is 5.10 Å². The van der Waals surface area contributed by atoms with E-state index in [2.05, 4.69) is 15.8 Å². The smallest absolute Gasteiger partial charge is 0.345 e. The van der Waals surface area contributed by atoms with Gasteiger partial charge >= 0.3 is 17.8 Å². The van der Waals surface area contributed by atoms with Crippen molar-refractivity contribution in [2.45, 2.75) is 0 Å². The van der Waals surface area contributed by atoms with Crippen LogP contribution in [0.2, 0.25) is 15.1 Å². The molecule has 3 rings (SSSR count). The second-order valence-corrected chi connectivity index (χ2v) is 7.39. The fraction of sp³-hybridized carbons (Fsp3) is 0. The molecule has 0 fully saturated rings.